The number of hydrogen-bond donors (Lipinski definition) is 0. The first-order valence-electron chi connectivity index (χ1n) is 11.6. The monoisotopic (exact) mass is 486 g/mol. The van der Waals surface area contributed by atoms with E-state index in [9.17, 15) is 4.79 Å². The molecule has 33 heavy (non-hydrogen) atoms. The van der Waals surface area contributed by atoms with Crippen LogP contribution in [-0.2, 0) is 0 Å². The van der Waals surface area contributed by atoms with Crippen LogP contribution in [-0.4, -0.2) is 44.2 Å². The number of benzene rings is 2. The molecule has 0 aliphatic heterocycles. The number of hydrogen-bond acceptors (Lipinski definition) is 4. The van der Waals surface area contributed by atoms with Gasteiger partial charge in [0.05, 0.1) is 30.1 Å². The number of carbonyl (C=O) groups is 1. The topological polar surface area (TPSA) is 44.8 Å². The third-order valence-electron chi connectivity index (χ3n) is 5.00. The van der Waals surface area contributed by atoms with Gasteiger partial charge in [0, 0.05) is 17.7 Å². The third kappa shape index (κ3) is 9.54. The number of aryl methyl sites for hydroxylation is 1. The first-order chi connectivity index (χ1) is 15.5. The molecular formula is C26H37ClLiO4P. The average Bonchev–Trinajstić information content (AvgIpc) is 2.76. The molecule has 0 bridgehead atoms. The number of unbranched alkanes of at least 4 members (excludes halogenated alkanes) is 3. The molecule has 0 radical (unpaired) electrons. The minimum atomic E-state index is -0.160. The molecule has 0 saturated carbocycles. The van der Waals surface area contributed by atoms with E-state index >= 15 is 0 Å². The van der Waals surface area contributed by atoms with Gasteiger partial charge in [-0.1, -0.05) is 63.8 Å². The van der Waals surface area contributed by atoms with E-state index in [1.54, 1.807) is 6.07 Å². The Bertz CT molecular complexity index is 824. The summed E-state index contributed by atoms with van der Waals surface area (Å²) in [5, 5.41) is 1.26. The Balaban J connectivity index is 0.00000544. The van der Waals surface area contributed by atoms with Crippen LogP contribution in [0.25, 0.3) is 0 Å². The van der Waals surface area contributed by atoms with E-state index in [1.807, 2.05) is 31.2 Å². The molecule has 7 heteroatoms. The number of ether oxygens (including phenoxy) is 3. The first-order valence-corrected chi connectivity index (χ1v) is 13.0. The van der Waals surface area contributed by atoms with Crippen molar-refractivity contribution in [2.45, 2.75) is 66.2 Å². The van der Waals surface area contributed by atoms with Crippen LogP contribution in [0, 0.1) is 6.92 Å². The number of carbonyl (C=O) groups excluding carboxylic acids is 1. The second-order valence-electron chi connectivity index (χ2n) is 7.79. The van der Waals surface area contributed by atoms with Crippen molar-refractivity contribution in [3.63, 3.8) is 0 Å². The molecule has 178 valence electrons. The van der Waals surface area contributed by atoms with Crippen LogP contribution in [0.4, 0.5) is 0 Å². The van der Waals surface area contributed by atoms with E-state index in [2.05, 4.69) is 20.8 Å². The predicted octanol–water partition coefficient (Wildman–Crippen LogP) is 6.68. The molecule has 0 spiro atoms. The molecule has 0 heterocycles. The van der Waals surface area contributed by atoms with Crippen LogP contribution in [0.2, 0.25) is 5.02 Å². The van der Waals surface area contributed by atoms with Gasteiger partial charge in [0.15, 0.2) is 5.52 Å². The molecular weight excluding hydrogens is 450 g/mol. The van der Waals surface area contributed by atoms with Crippen molar-refractivity contribution in [3.8, 4) is 17.2 Å². The van der Waals surface area contributed by atoms with Crippen LogP contribution in [0.3, 0.4) is 0 Å². The molecule has 0 N–H and O–H groups in total. The number of rotatable bonds is 15. The van der Waals surface area contributed by atoms with E-state index in [-0.39, 0.29) is 33.0 Å². The molecule has 1 atom stereocenters. The maximum atomic E-state index is 13.3. The molecule has 0 fully saturated rings. The molecule has 1 unspecified atom stereocenters. The van der Waals surface area contributed by atoms with Crippen LogP contribution in [0.15, 0.2) is 30.3 Å². The van der Waals surface area contributed by atoms with Crippen molar-refractivity contribution in [2.75, 3.05) is 19.8 Å². The summed E-state index contributed by atoms with van der Waals surface area (Å²) < 4.78 is 18.2. The van der Waals surface area contributed by atoms with E-state index in [0.717, 1.165) is 49.4 Å². The fourth-order valence-corrected chi connectivity index (χ4v) is 4.69. The summed E-state index contributed by atoms with van der Waals surface area (Å²) in [6, 6.07) is 9.32. The summed E-state index contributed by atoms with van der Waals surface area (Å²) in [6.45, 7) is 10.1. The Hall–Kier alpha value is -1.17. The summed E-state index contributed by atoms with van der Waals surface area (Å²) in [6.07, 6.45) is 5.97. The molecule has 0 saturated heterocycles. The fraction of sp³-hybridized carbons (Fsp3) is 0.500. The van der Waals surface area contributed by atoms with Crippen LogP contribution in [0.1, 0.15) is 75.2 Å². The normalized spacial score (nSPS) is 10.8. The van der Waals surface area contributed by atoms with Gasteiger partial charge in [-0.05, 0) is 46.4 Å². The Kier molecular flexibility index (Phi) is 14.9. The summed E-state index contributed by atoms with van der Waals surface area (Å²) >= 11 is 6.37. The van der Waals surface area contributed by atoms with Gasteiger partial charge in [0.25, 0.3) is 0 Å². The van der Waals surface area contributed by atoms with E-state index in [1.165, 1.54) is 0 Å². The Morgan fingerprint density at radius 3 is 1.88 bits per heavy atom. The maximum absolute atomic E-state index is 13.3. The van der Waals surface area contributed by atoms with Gasteiger partial charge in [-0.25, -0.2) is 0 Å². The summed E-state index contributed by atoms with van der Waals surface area (Å²) in [7, 11) is -0.160. The van der Waals surface area contributed by atoms with E-state index < -0.39 is 0 Å². The van der Waals surface area contributed by atoms with Crippen molar-refractivity contribution in [1.29, 1.82) is 0 Å². The third-order valence-corrected chi connectivity index (χ3v) is 6.54. The minimum absolute atomic E-state index is 0. The van der Waals surface area contributed by atoms with Crippen molar-refractivity contribution >= 4 is 49.9 Å². The van der Waals surface area contributed by atoms with Crippen LogP contribution < -0.4 is 19.5 Å². The predicted molar refractivity (Wildman–Crippen MR) is 143 cm³/mol. The van der Waals surface area contributed by atoms with Gasteiger partial charge >= 0.3 is 18.9 Å². The SMILES string of the molecule is CCCCOc1cc(OCCCC)c(PC(=O)c2c(C)cccc2Cl)c(OCCCC)c1.[LiH]. The number of halogens is 1. The van der Waals surface area contributed by atoms with E-state index in [4.69, 9.17) is 25.8 Å². The van der Waals surface area contributed by atoms with Crippen LogP contribution in [0.5, 0.6) is 17.2 Å². The van der Waals surface area contributed by atoms with Gasteiger partial charge in [-0.2, -0.15) is 0 Å². The Labute approximate surface area is 218 Å². The molecule has 0 aliphatic carbocycles. The van der Waals surface area contributed by atoms with Gasteiger partial charge in [0.1, 0.15) is 17.2 Å². The summed E-state index contributed by atoms with van der Waals surface area (Å²) in [5.41, 5.74) is 1.42. The van der Waals surface area contributed by atoms with Gasteiger partial charge in [-0.3, -0.25) is 4.79 Å². The molecule has 4 nitrogen and oxygen atoms in total. The zero-order chi connectivity index (χ0) is 23.3. The van der Waals surface area contributed by atoms with Gasteiger partial charge in [0.2, 0.25) is 0 Å². The van der Waals surface area contributed by atoms with Crippen molar-refractivity contribution in [1.82, 2.24) is 0 Å². The second kappa shape index (κ2) is 16.5. The average molecular weight is 487 g/mol. The molecule has 2 aromatic rings. The van der Waals surface area contributed by atoms with E-state index in [0.29, 0.717) is 47.7 Å². The van der Waals surface area contributed by atoms with Crippen molar-refractivity contribution in [3.05, 3.63) is 46.5 Å². The first kappa shape index (κ1) is 29.9. The molecule has 2 rings (SSSR count). The summed E-state index contributed by atoms with van der Waals surface area (Å²) in [5.74, 6) is 2.04. The van der Waals surface area contributed by atoms with Gasteiger partial charge < -0.3 is 14.2 Å². The van der Waals surface area contributed by atoms with Crippen LogP contribution >= 0.6 is 20.2 Å². The zero-order valence-electron chi connectivity index (χ0n) is 19.8. The molecule has 0 aliphatic rings. The van der Waals surface area contributed by atoms with Crippen molar-refractivity contribution in [2.24, 2.45) is 0 Å². The van der Waals surface area contributed by atoms with Crippen molar-refractivity contribution < 1.29 is 19.0 Å². The molecule has 2 aromatic carbocycles. The quantitative estimate of drug-likeness (QED) is 0.160. The Morgan fingerprint density at radius 2 is 1.39 bits per heavy atom. The second-order valence-corrected chi connectivity index (χ2v) is 9.40. The molecule has 0 amide bonds. The summed E-state index contributed by atoms with van der Waals surface area (Å²) in [4.78, 5) is 13.3. The Morgan fingerprint density at radius 1 is 0.879 bits per heavy atom. The molecule has 0 aromatic heterocycles. The van der Waals surface area contributed by atoms with Gasteiger partial charge in [-0.15, -0.1) is 0 Å². The fourth-order valence-electron chi connectivity index (χ4n) is 3.08. The zero-order valence-corrected chi connectivity index (χ0v) is 21.5. The standard InChI is InChI=1S/C26H36ClO4P.Li.H/c1-5-8-14-29-20-17-22(30-15-9-6-2)25(23(18-20)31-16-10-7-3)32-26(28)24-19(4)12-11-13-21(24)27;;/h11-13,17-18,32H,5-10,14-16H2,1-4H3;;.